The van der Waals surface area contributed by atoms with E-state index in [1.165, 1.54) is 12.1 Å². The van der Waals surface area contributed by atoms with Gasteiger partial charge in [0.1, 0.15) is 5.69 Å². The molecule has 0 saturated carbocycles. The van der Waals surface area contributed by atoms with Crippen LogP contribution in [0.2, 0.25) is 0 Å². The minimum Gasteiger partial charge on any atom is -0.478 e. The quantitative estimate of drug-likeness (QED) is 0.598. The molecule has 0 aliphatic carbocycles. The molecule has 8 heteroatoms. The lowest BCUT2D eigenvalue weighted by Crippen LogP contribution is -2.21. The number of carbonyl (C=O) groups is 2. The summed E-state index contributed by atoms with van der Waals surface area (Å²) in [7, 11) is 3.61. The number of rotatable bonds is 6. The molecule has 1 aromatic carbocycles. The molecule has 0 unspecified atom stereocenters. The minimum absolute atomic E-state index is 0.0104. The first-order valence-corrected chi connectivity index (χ1v) is 5.77. The number of nitro groups is 1. The summed E-state index contributed by atoms with van der Waals surface area (Å²) >= 11 is 0. The monoisotopic (exact) mass is 281 g/mol. The van der Waals surface area contributed by atoms with Gasteiger partial charge in [0.25, 0.3) is 5.69 Å². The van der Waals surface area contributed by atoms with E-state index >= 15 is 0 Å². The summed E-state index contributed by atoms with van der Waals surface area (Å²) in [6, 6.07) is 3.34. The van der Waals surface area contributed by atoms with Crippen molar-refractivity contribution in [3.8, 4) is 0 Å². The molecular weight excluding hydrogens is 266 g/mol. The Hall–Kier alpha value is -2.48. The highest BCUT2D eigenvalue weighted by Gasteiger charge is 2.18. The third kappa shape index (κ3) is 4.32. The van der Waals surface area contributed by atoms with Crippen LogP contribution in [0, 0.1) is 10.1 Å². The number of nitrogens with one attached hydrogen (secondary N) is 1. The Kier molecular flexibility index (Phi) is 5.15. The predicted octanol–water partition coefficient (Wildman–Crippen LogP) is 1.18. The average molecular weight is 281 g/mol. The van der Waals surface area contributed by atoms with E-state index < -0.39 is 16.6 Å². The SMILES string of the molecule is CN(C)CCC(=O)Nc1ccc(C(=O)O)cc1[N+](=O)[O-]. The molecule has 108 valence electrons. The Morgan fingerprint density at radius 2 is 2.05 bits per heavy atom. The molecular formula is C12H15N3O5. The molecule has 1 aromatic rings. The zero-order chi connectivity index (χ0) is 15.3. The van der Waals surface area contributed by atoms with Gasteiger partial charge in [-0.3, -0.25) is 14.9 Å². The van der Waals surface area contributed by atoms with Crippen LogP contribution in [0.5, 0.6) is 0 Å². The van der Waals surface area contributed by atoms with Crippen molar-refractivity contribution in [1.82, 2.24) is 4.90 Å². The maximum atomic E-state index is 11.6. The van der Waals surface area contributed by atoms with Gasteiger partial charge in [-0.15, -0.1) is 0 Å². The number of aromatic carboxylic acids is 1. The molecule has 0 bridgehead atoms. The number of amides is 1. The van der Waals surface area contributed by atoms with Crippen LogP contribution in [0.1, 0.15) is 16.8 Å². The lowest BCUT2D eigenvalue weighted by atomic mass is 10.1. The van der Waals surface area contributed by atoms with Crippen LogP contribution in [-0.2, 0) is 4.79 Å². The van der Waals surface area contributed by atoms with Crippen molar-refractivity contribution in [3.63, 3.8) is 0 Å². The van der Waals surface area contributed by atoms with Crippen LogP contribution < -0.4 is 5.32 Å². The van der Waals surface area contributed by atoms with E-state index in [9.17, 15) is 19.7 Å². The summed E-state index contributed by atoms with van der Waals surface area (Å²) in [5, 5.41) is 22.1. The standard InChI is InChI=1S/C12H15N3O5/c1-14(2)6-5-11(16)13-9-4-3-8(12(17)18)7-10(9)15(19)20/h3-4,7H,5-6H2,1-2H3,(H,13,16)(H,17,18). The van der Waals surface area contributed by atoms with Crippen molar-refractivity contribution in [2.24, 2.45) is 0 Å². The van der Waals surface area contributed by atoms with Gasteiger partial charge in [0, 0.05) is 19.0 Å². The molecule has 0 atom stereocenters. The number of benzene rings is 1. The third-order valence-electron chi connectivity index (χ3n) is 2.50. The van der Waals surface area contributed by atoms with E-state index in [0.717, 1.165) is 6.07 Å². The highest BCUT2D eigenvalue weighted by atomic mass is 16.6. The van der Waals surface area contributed by atoms with E-state index in [0.29, 0.717) is 6.54 Å². The summed E-state index contributed by atoms with van der Waals surface area (Å²) in [4.78, 5) is 34.4. The highest BCUT2D eigenvalue weighted by molar-refractivity contribution is 5.95. The fraction of sp³-hybridized carbons (Fsp3) is 0.333. The molecule has 0 saturated heterocycles. The molecule has 0 heterocycles. The van der Waals surface area contributed by atoms with Crippen LogP contribution in [0.3, 0.4) is 0 Å². The first kappa shape index (κ1) is 15.6. The molecule has 0 spiro atoms. The number of nitro benzene ring substituents is 1. The van der Waals surface area contributed by atoms with Crippen LogP contribution in [0.4, 0.5) is 11.4 Å². The number of carboxylic acid groups (broad SMARTS) is 1. The van der Waals surface area contributed by atoms with Crippen LogP contribution in [-0.4, -0.2) is 47.4 Å². The van der Waals surface area contributed by atoms with E-state index in [4.69, 9.17) is 5.11 Å². The number of nitrogens with zero attached hydrogens (tertiary/aromatic N) is 2. The molecule has 2 N–H and O–H groups in total. The Morgan fingerprint density at radius 1 is 1.40 bits per heavy atom. The van der Waals surface area contributed by atoms with Crippen molar-refractivity contribution in [3.05, 3.63) is 33.9 Å². The molecule has 0 aromatic heterocycles. The van der Waals surface area contributed by atoms with Gasteiger partial charge >= 0.3 is 5.97 Å². The summed E-state index contributed by atoms with van der Waals surface area (Å²) < 4.78 is 0. The Labute approximate surface area is 115 Å². The van der Waals surface area contributed by atoms with Gasteiger partial charge in [-0.25, -0.2) is 4.79 Å². The van der Waals surface area contributed by atoms with E-state index in [2.05, 4.69) is 5.32 Å². The fourth-order valence-electron chi connectivity index (χ4n) is 1.46. The van der Waals surface area contributed by atoms with Gasteiger partial charge in [-0.05, 0) is 26.2 Å². The van der Waals surface area contributed by atoms with Crippen molar-refractivity contribution in [2.75, 3.05) is 26.0 Å². The highest BCUT2D eigenvalue weighted by Crippen LogP contribution is 2.25. The third-order valence-corrected chi connectivity index (χ3v) is 2.50. The van der Waals surface area contributed by atoms with Crippen molar-refractivity contribution < 1.29 is 19.6 Å². The molecule has 20 heavy (non-hydrogen) atoms. The summed E-state index contributed by atoms with van der Waals surface area (Å²) in [5.74, 6) is -1.64. The lowest BCUT2D eigenvalue weighted by molar-refractivity contribution is -0.384. The van der Waals surface area contributed by atoms with Gasteiger partial charge in [0.15, 0.2) is 0 Å². The molecule has 1 rings (SSSR count). The maximum absolute atomic E-state index is 11.6. The smallest absolute Gasteiger partial charge is 0.335 e. The topological polar surface area (TPSA) is 113 Å². The Bertz CT molecular complexity index is 542. The fourth-order valence-corrected chi connectivity index (χ4v) is 1.46. The molecule has 0 radical (unpaired) electrons. The second-order valence-corrected chi connectivity index (χ2v) is 4.40. The van der Waals surface area contributed by atoms with E-state index in [-0.39, 0.29) is 23.6 Å². The zero-order valence-electron chi connectivity index (χ0n) is 11.1. The predicted molar refractivity (Wildman–Crippen MR) is 71.9 cm³/mol. The average Bonchev–Trinajstić information content (AvgIpc) is 2.36. The maximum Gasteiger partial charge on any atom is 0.335 e. The molecule has 0 aliphatic rings. The first-order valence-electron chi connectivity index (χ1n) is 5.77. The van der Waals surface area contributed by atoms with Gasteiger partial charge in [0.05, 0.1) is 10.5 Å². The van der Waals surface area contributed by atoms with Crippen molar-refractivity contribution in [1.29, 1.82) is 0 Å². The van der Waals surface area contributed by atoms with E-state index in [1.54, 1.807) is 14.1 Å². The zero-order valence-corrected chi connectivity index (χ0v) is 11.1. The Balaban J connectivity index is 2.92. The second kappa shape index (κ2) is 6.62. The van der Waals surface area contributed by atoms with Gasteiger partial charge in [0.2, 0.25) is 5.91 Å². The summed E-state index contributed by atoms with van der Waals surface area (Å²) in [6.07, 6.45) is 0.185. The van der Waals surface area contributed by atoms with Crippen LogP contribution >= 0.6 is 0 Å². The Morgan fingerprint density at radius 3 is 2.55 bits per heavy atom. The number of hydrogen-bond donors (Lipinski definition) is 2. The normalized spacial score (nSPS) is 10.3. The van der Waals surface area contributed by atoms with Crippen LogP contribution in [0.15, 0.2) is 18.2 Å². The molecule has 0 fully saturated rings. The largest absolute Gasteiger partial charge is 0.478 e. The first-order chi connectivity index (χ1) is 9.31. The number of carbonyl (C=O) groups excluding carboxylic acids is 1. The summed E-state index contributed by atoms with van der Waals surface area (Å²) in [5.41, 5.74) is -0.658. The van der Waals surface area contributed by atoms with Gasteiger partial charge in [-0.1, -0.05) is 0 Å². The van der Waals surface area contributed by atoms with E-state index in [1.807, 2.05) is 4.90 Å². The lowest BCUT2D eigenvalue weighted by Gasteiger charge is -2.10. The van der Waals surface area contributed by atoms with Gasteiger partial charge in [-0.2, -0.15) is 0 Å². The van der Waals surface area contributed by atoms with Crippen molar-refractivity contribution >= 4 is 23.3 Å². The number of anilines is 1. The van der Waals surface area contributed by atoms with Crippen LogP contribution in [0.25, 0.3) is 0 Å². The van der Waals surface area contributed by atoms with Crippen molar-refractivity contribution in [2.45, 2.75) is 6.42 Å². The summed E-state index contributed by atoms with van der Waals surface area (Å²) in [6.45, 7) is 0.507. The minimum atomic E-state index is -1.27. The molecule has 8 nitrogen and oxygen atoms in total. The number of carboxylic acids is 1. The molecule has 1 amide bonds. The van der Waals surface area contributed by atoms with Gasteiger partial charge < -0.3 is 15.3 Å². The number of hydrogen-bond acceptors (Lipinski definition) is 5. The second-order valence-electron chi connectivity index (χ2n) is 4.40. The molecule has 0 aliphatic heterocycles.